The lowest BCUT2D eigenvalue weighted by Crippen LogP contribution is -2.56. The molecule has 1 aliphatic rings. The lowest BCUT2D eigenvalue weighted by atomic mass is 10.0. The molecule has 1 fully saturated rings. The van der Waals surface area contributed by atoms with Crippen molar-refractivity contribution in [2.75, 3.05) is 13.1 Å². The number of carboxylic acids is 1. The summed E-state index contributed by atoms with van der Waals surface area (Å²) in [5, 5.41) is 21.5. The molecule has 11 heteroatoms. The number of aliphatic carboxylic acids is 1. The molecule has 0 radical (unpaired) electrons. The highest BCUT2D eigenvalue weighted by Gasteiger charge is 2.30. The first kappa shape index (κ1) is 27.2. The van der Waals surface area contributed by atoms with E-state index < -0.39 is 35.9 Å². The summed E-state index contributed by atoms with van der Waals surface area (Å²) in [7, 11) is 0. The van der Waals surface area contributed by atoms with E-state index in [9.17, 15) is 24.3 Å². The number of fused-ring (bicyclic) bond motifs is 1. The van der Waals surface area contributed by atoms with Crippen LogP contribution in [0.4, 0.5) is 0 Å². The van der Waals surface area contributed by atoms with Crippen molar-refractivity contribution in [2.45, 2.75) is 69.6 Å². The van der Waals surface area contributed by atoms with E-state index in [1.807, 2.05) is 24.3 Å². The maximum absolute atomic E-state index is 13.2. The van der Waals surface area contributed by atoms with Crippen molar-refractivity contribution in [1.29, 1.82) is 0 Å². The Balaban J connectivity index is 1.73. The number of rotatable bonds is 13. The van der Waals surface area contributed by atoms with Crippen molar-refractivity contribution in [2.24, 2.45) is 5.73 Å². The van der Waals surface area contributed by atoms with E-state index in [4.69, 9.17) is 5.73 Å². The Hall–Kier alpha value is -3.44. The van der Waals surface area contributed by atoms with Gasteiger partial charge in [-0.05, 0) is 63.7 Å². The summed E-state index contributed by atoms with van der Waals surface area (Å²) < 4.78 is 0. The molecular weight excluding hydrogens is 464 g/mol. The molecule has 4 atom stereocenters. The predicted octanol–water partition coefficient (Wildman–Crippen LogP) is 0.150. The Labute approximate surface area is 210 Å². The summed E-state index contributed by atoms with van der Waals surface area (Å²) in [6.45, 7) is 2.73. The Bertz CT molecular complexity index is 1060. The molecule has 2 heterocycles. The fourth-order valence-corrected chi connectivity index (χ4v) is 4.34. The number of amides is 3. The van der Waals surface area contributed by atoms with E-state index in [0.29, 0.717) is 25.8 Å². The highest BCUT2D eigenvalue weighted by atomic mass is 16.4. The fourth-order valence-electron chi connectivity index (χ4n) is 4.34. The minimum Gasteiger partial charge on any atom is -0.480 e. The Morgan fingerprint density at radius 3 is 2.53 bits per heavy atom. The van der Waals surface area contributed by atoms with Gasteiger partial charge < -0.3 is 37.1 Å². The number of carbonyl (C=O) groups is 4. The third-order valence-electron chi connectivity index (χ3n) is 6.42. The number of unbranched alkanes of at least 4 members (excludes halogenated alkanes) is 1. The van der Waals surface area contributed by atoms with Crippen molar-refractivity contribution >= 4 is 34.6 Å². The maximum atomic E-state index is 13.2. The predicted molar refractivity (Wildman–Crippen MR) is 135 cm³/mol. The van der Waals surface area contributed by atoms with Gasteiger partial charge in [-0.15, -0.1) is 0 Å². The van der Waals surface area contributed by atoms with Gasteiger partial charge in [-0.3, -0.25) is 14.4 Å². The zero-order chi connectivity index (χ0) is 26.1. The molecule has 1 saturated heterocycles. The number of para-hydroxylation sites is 1. The number of hydrogen-bond donors (Lipinski definition) is 7. The summed E-state index contributed by atoms with van der Waals surface area (Å²) in [5.41, 5.74) is 7.18. The smallest absolute Gasteiger partial charge is 0.326 e. The summed E-state index contributed by atoms with van der Waals surface area (Å²) in [4.78, 5) is 53.5. The van der Waals surface area contributed by atoms with E-state index in [-0.39, 0.29) is 24.8 Å². The SMILES string of the molecule is CC(NC(=O)C1CCCN1)C(=O)NC(Cc1c[nH]c2ccccc12)C(=O)NC(CCCCN)C(=O)O. The monoisotopic (exact) mass is 500 g/mol. The molecular formula is C25H36N6O5. The molecule has 0 bridgehead atoms. The van der Waals surface area contributed by atoms with Crippen molar-refractivity contribution in [3.63, 3.8) is 0 Å². The van der Waals surface area contributed by atoms with Gasteiger partial charge in [0.25, 0.3) is 0 Å². The second-order valence-corrected chi connectivity index (χ2v) is 9.19. The lowest BCUT2D eigenvalue weighted by molar-refractivity contribution is -0.142. The van der Waals surface area contributed by atoms with Gasteiger partial charge in [-0.2, -0.15) is 0 Å². The van der Waals surface area contributed by atoms with E-state index in [2.05, 4.69) is 26.3 Å². The summed E-state index contributed by atoms with van der Waals surface area (Å²) in [6, 6.07) is 4.21. The molecule has 1 aromatic carbocycles. The van der Waals surface area contributed by atoms with Gasteiger partial charge in [0.2, 0.25) is 17.7 Å². The van der Waals surface area contributed by atoms with Crippen molar-refractivity contribution < 1.29 is 24.3 Å². The highest BCUT2D eigenvalue weighted by molar-refractivity contribution is 5.94. The summed E-state index contributed by atoms with van der Waals surface area (Å²) in [6.07, 6.45) is 4.92. The van der Waals surface area contributed by atoms with Crippen LogP contribution in [-0.4, -0.2) is 71.0 Å². The lowest BCUT2D eigenvalue weighted by Gasteiger charge is -2.24. The molecule has 196 valence electrons. The van der Waals surface area contributed by atoms with Gasteiger partial charge in [0.1, 0.15) is 18.1 Å². The molecule has 3 amide bonds. The number of aromatic nitrogens is 1. The quantitative estimate of drug-likeness (QED) is 0.191. The number of hydrogen-bond acceptors (Lipinski definition) is 6. The molecule has 2 aromatic rings. The summed E-state index contributed by atoms with van der Waals surface area (Å²) in [5.74, 6) is -2.55. The molecule has 1 aromatic heterocycles. The average molecular weight is 501 g/mol. The standard InChI is InChI=1S/C25H36N6O5/c1-15(29-23(33)19-10-6-12-27-19)22(32)31-21(13-16-14-28-18-8-3-2-7-17(16)18)24(34)30-20(25(35)36)9-4-5-11-26/h2-3,7-8,14-15,19-21,27-28H,4-6,9-13,26H2,1H3,(H,29,33)(H,30,34)(H,31,32)(H,35,36). The van der Waals surface area contributed by atoms with Gasteiger partial charge in [0.05, 0.1) is 6.04 Å². The number of carboxylic acid groups (broad SMARTS) is 1. The number of benzene rings is 1. The van der Waals surface area contributed by atoms with Gasteiger partial charge >= 0.3 is 5.97 Å². The van der Waals surface area contributed by atoms with Crippen LogP contribution in [0.1, 0.15) is 44.6 Å². The molecule has 3 rings (SSSR count). The van der Waals surface area contributed by atoms with Crippen LogP contribution in [0.3, 0.4) is 0 Å². The van der Waals surface area contributed by atoms with Crippen molar-refractivity contribution in [3.05, 3.63) is 36.0 Å². The molecule has 36 heavy (non-hydrogen) atoms. The van der Waals surface area contributed by atoms with Crippen LogP contribution in [0.2, 0.25) is 0 Å². The fraction of sp³-hybridized carbons (Fsp3) is 0.520. The molecule has 1 aliphatic heterocycles. The van der Waals surface area contributed by atoms with Gasteiger partial charge in [-0.1, -0.05) is 18.2 Å². The Morgan fingerprint density at radius 1 is 1.08 bits per heavy atom. The first-order chi connectivity index (χ1) is 17.3. The molecule has 8 N–H and O–H groups in total. The van der Waals surface area contributed by atoms with Crippen LogP contribution >= 0.6 is 0 Å². The summed E-state index contributed by atoms with van der Waals surface area (Å²) >= 11 is 0. The Morgan fingerprint density at radius 2 is 1.83 bits per heavy atom. The van der Waals surface area contributed by atoms with Crippen molar-refractivity contribution in [1.82, 2.24) is 26.3 Å². The van der Waals surface area contributed by atoms with Crippen LogP contribution in [0, 0.1) is 0 Å². The number of carbonyl (C=O) groups excluding carboxylic acids is 3. The minimum absolute atomic E-state index is 0.140. The van der Waals surface area contributed by atoms with Crippen LogP contribution in [-0.2, 0) is 25.6 Å². The highest BCUT2D eigenvalue weighted by Crippen LogP contribution is 2.19. The largest absolute Gasteiger partial charge is 0.480 e. The number of nitrogens with two attached hydrogens (primary N) is 1. The average Bonchev–Trinajstić information content (AvgIpc) is 3.53. The third-order valence-corrected chi connectivity index (χ3v) is 6.42. The normalized spacial score (nSPS) is 17.8. The second-order valence-electron chi connectivity index (χ2n) is 9.19. The van der Waals surface area contributed by atoms with Crippen LogP contribution in [0.25, 0.3) is 10.9 Å². The van der Waals surface area contributed by atoms with Crippen molar-refractivity contribution in [3.8, 4) is 0 Å². The van der Waals surface area contributed by atoms with Crippen LogP contribution < -0.4 is 27.0 Å². The van der Waals surface area contributed by atoms with Crippen LogP contribution in [0.15, 0.2) is 30.5 Å². The van der Waals surface area contributed by atoms with E-state index in [1.165, 1.54) is 0 Å². The first-order valence-electron chi connectivity index (χ1n) is 12.4. The number of H-pyrrole nitrogens is 1. The van der Waals surface area contributed by atoms with Crippen LogP contribution in [0.5, 0.6) is 0 Å². The van der Waals surface area contributed by atoms with E-state index >= 15 is 0 Å². The maximum Gasteiger partial charge on any atom is 0.326 e. The number of aromatic amines is 1. The zero-order valence-electron chi connectivity index (χ0n) is 20.5. The third kappa shape index (κ3) is 7.28. The Kier molecular flexibility index (Phi) is 9.83. The topological polar surface area (TPSA) is 178 Å². The van der Waals surface area contributed by atoms with Gasteiger partial charge in [0.15, 0.2) is 0 Å². The zero-order valence-corrected chi connectivity index (χ0v) is 20.5. The minimum atomic E-state index is -1.15. The molecule has 0 aliphatic carbocycles. The second kappa shape index (κ2) is 13.0. The molecule has 4 unspecified atom stereocenters. The van der Waals surface area contributed by atoms with E-state index in [1.54, 1.807) is 13.1 Å². The van der Waals surface area contributed by atoms with Gasteiger partial charge in [0, 0.05) is 23.5 Å². The van der Waals surface area contributed by atoms with Gasteiger partial charge in [-0.25, -0.2) is 4.79 Å². The molecule has 0 saturated carbocycles. The van der Waals surface area contributed by atoms with E-state index in [0.717, 1.165) is 29.4 Å². The first-order valence-corrected chi connectivity index (χ1v) is 12.4. The molecule has 11 nitrogen and oxygen atoms in total. The molecule has 0 spiro atoms. The number of nitrogens with one attached hydrogen (secondary N) is 5.